The molecule has 0 aromatic carbocycles. The van der Waals surface area contributed by atoms with Crippen molar-refractivity contribution in [1.82, 2.24) is 0 Å². The molecule has 4 saturated heterocycles. The molecule has 0 aromatic rings. The Balaban J connectivity index is 1.45. The fraction of sp³-hybridized carbons (Fsp3) is 1.00. The van der Waals surface area contributed by atoms with Gasteiger partial charge in [0.25, 0.3) is 0 Å². The predicted octanol–water partition coefficient (Wildman–Crippen LogP) is 1.66. The molecule has 4 heteroatoms. The van der Waals surface area contributed by atoms with Crippen LogP contribution < -0.4 is 0 Å². The van der Waals surface area contributed by atoms with E-state index in [1.165, 1.54) is 0 Å². The van der Waals surface area contributed by atoms with E-state index >= 15 is 0 Å². The van der Waals surface area contributed by atoms with E-state index in [1.54, 1.807) is 0 Å². The number of hydrogen-bond donors (Lipinski definition) is 0. The largest absolute Gasteiger partial charge is 0.370 e. The van der Waals surface area contributed by atoms with Gasteiger partial charge in [-0.3, -0.25) is 0 Å². The molecule has 0 aliphatic carbocycles. The molecule has 4 fully saturated rings. The first kappa shape index (κ1) is 11.6. The number of ether oxygens (including phenoxy) is 4. The zero-order chi connectivity index (χ0) is 12.4. The SMILES string of the molecule is C[C@]1([C@@H]2CO2)CC[C@H]2O[C@](C)([C@H]3CO3)CC[C@@H]2O1. The molecule has 0 radical (unpaired) electrons. The molecule has 0 amide bonds. The van der Waals surface area contributed by atoms with Crippen LogP contribution >= 0.6 is 0 Å². The normalized spacial score (nSPS) is 59.0. The fourth-order valence-electron chi connectivity index (χ4n) is 3.58. The second-order valence-electron chi connectivity index (χ2n) is 6.66. The molecule has 0 bridgehead atoms. The average Bonchev–Trinajstić information content (AvgIpc) is 3.18. The van der Waals surface area contributed by atoms with Crippen LogP contribution in [0.5, 0.6) is 0 Å². The zero-order valence-electron chi connectivity index (χ0n) is 11.2. The maximum Gasteiger partial charge on any atom is 0.110 e. The average molecular weight is 254 g/mol. The van der Waals surface area contributed by atoms with Gasteiger partial charge in [0, 0.05) is 0 Å². The van der Waals surface area contributed by atoms with Crippen LogP contribution in [0, 0.1) is 0 Å². The summed E-state index contributed by atoms with van der Waals surface area (Å²) in [5.41, 5.74) is -0.150. The standard InChI is InChI=1S/C14H22O4/c1-13(11-7-15-11)5-3-10-9(17-13)4-6-14(2,18-10)12-8-16-12/h9-12H,3-8H2,1-2H3/t9-,10+,11-,12+,13+,14-. The first-order valence-corrected chi connectivity index (χ1v) is 7.18. The molecule has 0 spiro atoms. The Labute approximate surface area is 108 Å². The first-order valence-electron chi connectivity index (χ1n) is 7.18. The second kappa shape index (κ2) is 3.69. The number of epoxide rings is 2. The monoisotopic (exact) mass is 254 g/mol. The second-order valence-corrected chi connectivity index (χ2v) is 6.66. The number of rotatable bonds is 2. The van der Waals surface area contributed by atoms with Gasteiger partial charge in [-0.2, -0.15) is 0 Å². The van der Waals surface area contributed by atoms with E-state index in [-0.39, 0.29) is 23.4 Å². The highest BCUT2D eigenvalue weighted by Crippen LogP contribution is 2.46. The Morgan fingerprint density at radius 3 is 1.50 bits per heavy atom. The molecular formula is C14H22O4. The molecule has 4 aliphatic heterocycles. The fourth-order valence-corrected chi connectivity index (χ4v) is 3.58. The van der Waals surface area contributed by atoms with Crippen LogP contribution in [0.25, 0.3) is 0 Å². The lowest BCUT2D eigenvalue weighted by Gasteiger charge is -2.49. The van der Waals surface area contributed by atoms with Crippen LogP contribution in [0.4, 0.5) is 0 Å². The van der Waals surface area contributed by atoms with Crippen LogP contribution in [0.1, 0.15) is 39.5 Å². The summed E-state index contributed by atoms with van der Waals surface area (Å²) in [6.07, 6.45) is 5.39. The van der Waals surface area contributed by atoms with Crippen molar-refractivity contribution in [2.24, 2.45) is 0 Å². The quantitative estimate of drug-likeness (QED) is 0.703. The van der Waals surface area contributed by atoms with Gasteiger partial charge in [0.05, 0.1) is 36.6 Å². The van der Waals surface area contributed by atoms with Gasteiger partial charge in [0.1, 0.15) is 12.2 Å². The molecule has 4 heterocycles. The van der Waals surface area contributed by atoms with Gasteiger partial charge in [0.15, 0.2) is 0 Å². The van der Waals surface area contributed by atoms with Crippen molar-refractivity contribution in [1.29, 1.82) is 0 Å². The summed E-state index contributed by atoms with van der Waals surface area (Å²) >= 11 is 0. The van der Waals surface area contributed by atoms with Gasteiger partial charge in [-0.05, 0) is 39.5 Å². The molecule has 0 unspecified atom stereocenters. The van der Waals surface area contributed by atoms with Crippen LogP contribution in [0.15, 0.2) is 0 Å². The highest BCUT2D eigenvalue weighted by atomic mass is 16.6. The van der Waals surface area contributed by atoms with Crippen molar-refractivity contribution in [3.8, 4) is 0 Å². The highest BCUT2D eigenvalue weighted by Gasteiger charge is 2.55. The Morgan fingerprint density at radius 2 is 1.17 bits per heavy atom. The summed E-state index contributed by atoms with van der Waals surface area (Å²) in [7, 11) is 0. The summed E-state index contributed by atoms with van der Waals surface area (Å²) in [6, 6.07) is 0. The molecule has 6 atom stereocenters. The van der Waals surface area contributed by atoms with Crippen LogP contribution in [0.2, 0.25) is 0 Å². The highest BCUT2D eigenvalue weighted by molar-refractivity contribution is 5.03. The van der Waals surface area contributed by atoms with E-state index in [4.69, 9.17) is 18.9 Å². The van der Waals surface area contributed by atoms with E-state index in [1.807, 2.05) is 0 Å². The van der Waals surface area contributed by atoms with Crippen LogP contribution in [-0.2, 0) is 18.9 Å². The maximum atomic E-state index is 6.30. The molecule has 0 N–H and O–H groups in total. The molecule has 0 saturated carbocycles. The Morgan fingerprint density at radius 1 is 0.778 bits per heavy atom. The van der Waals surface area contributed by atoms with Crippen molar-refractivity contribution in [2.45, 2.75) is 75.1 Å². The lowest BCUT2D eigenvalue weighted by Crippen LogP contribution is -2.56. The van der Waals surface area contributed by atoms with Crippen molar-refractivity contribution in [3.05, 3.63) is 0 Å². The molecule has 4 nitrogen and oxygen atoms in total. The Bertz CT molecular complexity index is 318. The van der Waals surface area contributed by atoms with E-state index in [2.05, 4.69) is 13.8 Å². The first-order chi connectivity index (χ1) is 8.59. The molecule has 4 aliphatic rings. The van der Waals surface area contributed by atoms with Gasteiger partial charge >= 0.3 is 0 Å². The predicted molar refractivity (Wildman–Crippen MR) is 64.5 cm³/mol. The summed E-state index contributed by atoms with van der Waals surface area (Å²) in [5.74, 6) is 0. The smallest absolute Gasteiger partial charge is 0.110 e. The third kappa shape index (κ3) is 1.82. The summed E-state index contributed by atoms with van der Waals surface area (Å²) in [5, 5.41) is 0. The van der Waals surface area contributed by atoms with Gasteiger partial charge in [0.2, 0.25) is 0 Å². The minimum atomic E-state index is -0.0751. The van der Waals surface area contributed by atoms with Crippen LogP contribution in [0.3, 0.4) is 0 Å². The van der Waals surface area contributed by atoms with Gasteiger partial charge in [-0.25, -0.2) is 0 Å². The van der Waals surface area contributed by atoms with E-state index < -0.39 is 0 Å². The minimum Gasteiger partial charge on any atom is -0.370 e. The Hall–Kier alpha value is -0.160. The van der Waals surface area contributed by atoms with E-state index in [0.717, 1.165) is 38.9 Å². The number of fused-ring (bicyclic) bond motifs is 1. The molecule has 0 aromatic heterocycles. The third-order valence-electron chi connectivity index (χ3n) is 5.14. The number of hydrogen-bond acceptors (Lipinski definition) is 4. The lowest BCUT2D eigenvalue weighted by atomic mass is 9.82. The summed E-state index contributed by atoms with van der Waals surface area (Å²) in [4.78, 5) is 0. The Kier molecular flexibility index (Phi) is 2.39. The van der Waals surface area contributed by atoms with E-state index in [9.17, 15) is 0 Å². The minimum absolute atomic E-state index is 0.0751. The van der Waals surface area contributed by atoms with Crippen molar-refractivity contribution in [3.63, 3.8) is 0 Å². The van der Waals surface area contributed by atoms with Gasteiger partial charge < -0.3 is 18.9 Å². The molecule has 4 rings (SSSR count). The molecule has 102 valence electrons. The maximum absolute atomic E-state index is 6.30. The molecule has 18 heavy (non-hydrogen) atoms. The zero-order valence-corrected chi connectivity index (χ0v) is 11.2. The van der Waals surface area contributed by atoms with Crippen LogP contribution in [-0.4, -0.2) is 48.8 Å². The van der Waals surface area contributed by atoms with Gasteiger partial charge in [-0.15, -0.1) is 0 Å². The topological polar surface area (TPSA) is 43.5 Å². The summed E-state index contributed by atoms with van der Waals surface area (Å²) < 4.78 is 23.5. The third-order valence-corrected chi connectivity index (χ3v) is 5.14. The summed E-state index contributed by atoms with van der Waals surface area (Å²) in [6.45, 7) is 6.11. The lowest BCUT2D eigenvalue weighted by molar-refractivity contribution is -0.249. The van der Waals surface area contributed by atoms with Crippen molar-refractivity contribution >= 4 is 0 Å². The van der Waals surface area contributed by atoms with Gasteiger partial charge in [-0.1, -0.05) is 0 Å². The van der Waals surface area contributed by atoms with Crippen molar-refractivity contribution < 1.29 is 18.9 Å². The van der Waals surface area contributed by atoms with Crippen molar-refractivity contribution in [2.75, 3.05) is 13.2 Å². The molecular weight excluding hydrogens is 232 g/mol. The van der Waals surface area contributed by atoms with E-state index in [0.29, 0.717) is 12.2 Å².